The van der Waals surface area contributed by atoms with Crippen LogP contribution in [0, 0.1) is 0 Å². The number of esters is 8. The predicted molar refractivity (Wildman–Crippen MR) is 284 cm³/mol. The molecular formula is C59H73NO20. The molecule has 434 valence electrons. The van der Waals surface area contributed by atoms with Crippen molar-refractivity contribution in [3.8, 4) is 0 Å². The van der Waals surface area contributed by atoms with Gasteiger partial charge in [0.15, 0.2) is 43.1 Å². The summed E-state index contributed by atoms with van der Waals surface area (Å²) in [4.78, 5) is 109. The molecule has 12 atom stereocenters. The Kier molecular flexibility index (Phi) is 25.9. The van der Waals surface area contributed by atoms with Crippen LogP contribution in [0.2, 0.25) is 0 Å². The molecule has 0 radical (unpaired) electrons. The third-order valence-corrected chi connectivity index (χ3v) is 12.4. The molecule has 2 aliphatic rings. The first-order valence-electron chi connectivity index (χ1n) is 26.7. The number of aliphatic imine (C=N–C) groups is 1. The molecule has 5 rings (SSSR count). The van der Waals surface area contributed by atoms with Crippen molar-refractivity contribution >= 4 is 53.5 Å². The van der Waals surface area contributed by atoms with Crippen LogP contribution in [0.4, 0.5) is 0 Å². The number of hydrogen-bond donors (Lipinski definition) is 0. The van der Waals surface area contributed by atoms with Gasteiger partial charge in [-0.1, -0.05) is 130 Å². The number of unbranched alkanes of at least 4 members (excludes halogenated alkanes) is 6. The Morgan fingerprint density at radius 1 is 0.487 bits per heavy atom. The van der Waals surface area contributed by atoms with Crippen LogP contribution in [0.1, 0.15) is 122 Å². The molecule has 0 amide bonds. The second-order valence-corrected chi connectivity index (χ2v) is 19.0. The maximum Gasteiger partial charge on any atom is 0.338 e. The molecule has 2 aliphatic heterocycles. The van der Waals surface area contributed by atoms with E-state index in [1.807, 2.05) is 66.7 Å². The number of nitrogens with zero attached hydrogens (tertiary/aromatic N) is 1. The van der Waals surface area contributed by atoms with Gasteiger partial charge in [0.1, 0.15) is 50.3 Å². The number of benzene rings is 3. The largest absolute Gasteiger partial charge is 0.463 e. The van der Waals surface area contributed by atoms with Crippen molar-refractivity contribution in [2.75, 3.05) is 19.8 Å². The molecular weight excluding hydrogens is 1040 g/mol. The third-order valence-electron chi connectivity index (χ3n) is 12.4. The van der Waals surface area contributed by atoms with Crippen LogP contribution in [-0.2, 0) is 90.4 Å². The van der Waals surface area contributed by atoms with Crippen LogP contribution in [-0.4, -0.2) is 147 Å². The molecule has 21 nitrogen and oxygen atoms in total. The summed E-state index contributed by atoms with van der Waals surface area (Å²) < 4.78 is 72.0. The highest BCUT2D eigenvalue weighted by Crippen LogP contribution is 2.36. The van der Waals surface area contributed by atoms with E-state index in [0.29, 0.717) is 23.3 Å². The number of carbonyl (C=O) groups is 8. The highest BCUT2D eigenvalue weighted by molar-refractivity contribution is 6.13. The first-order chi connectivity index (χ1) is 38.3. The van der Waals surface area contributed by atoms with E-state index in [1.54, 1.807) is 36.4 Å². The smallest absolute Gasteiger partial charge is 0.338 e. The Morgan fingerprint density at radius 2 is 0.912 bits per heavy atom. The maximum atomic E-state index is 13.8. The molecule has 80 heavy (non-hydrogen) atoms. The average Bonchev–Trinajstić information content (AvgIpc) is 3.41. The SMILES string of the molecule is CCCCCCCCC=C[C@H](O[C@@H]1O[C@H](COC(C)=O)[C@@H](O[C@@H]2O[C@H](COC(C)=O)[C@H](OC(C)=O)[C@H](OC(C)=O)[C@H]2OC(C)=O)[C@H](OC(C)=O)[C@H]1OC(C)=O)[C@H](COC(=O)c1ccccc1)N=C(c1ccccc1)c1ccccc1. The Morgan fingerprint density at radius 3 is 1.41 bits per heavy atom. The van der Waals surface area contributed by atoms with Crippen molar-refractivity contribution in [2.45, 2.75) is 174 Å². The summed E-state index contributed by atoms with van der Waals surface area (Å²) in [5.41, 5.74) is 2.18. The molecule has 0 aliphatic carbocycles. The highest BCUT2D eigenvalue weighted by atomic mass is 16.8. The summed E-state index contributed by atoms with van der Waals surface area (Å²) in [7, 11) is 0. The molecule has 0 spiro atoms. The molecule has 2 fully saturated rings. The number of carbonyl (C=O) groups excluding carboxylic acids is 8. The molecule has 2 heterocycles. The molecule has 3 aromatic carbocycles. The van der Waals surface area contributed by atoms with Gasteiger partial charge in [-0.15, -0.1) is 0 Å². The standard InChI is InChI=1S/C59H73NO20/c1-9-10-11-12-13-14-15-25-32-47(46(33-71-57(68)45-30-23-18-24-31-45)60-50(43-26-19-16-20-27-43)44-28-21-17-22-29-44)77-58-55(75-41(7)66)54(74-40(6)65)52(49(78-58)35-70-37(3)62)80-59-56(76-42(8)67)53(73-39(5)64)51(72-38(4)63)48(79-59)34-69-36(2)61/h16-32,46-49,51-56,58-59H,9-15,33-35H2,1-8H3/t46-,47-,48+,49+,51-,52+,53-,54-,55+,56+,58+,59-/m0/s1. The topological polar surface area (TPSA) is 260 Å². The first kappa shape index (κ1) is 63.5. The monoisotopic (exact) mass is 1120 g/mol. The Hall–Kier alpha value is -7.33. The van der Waals surface area contributed by atoms with Crippen LogP contribution >= 0.6 is 0 Å². The summed E-state index contributed by atoms with van der Waals surface area (Å²) in [5, 5.41) is 0. The van der Waals surface area contributed by atoms with Crippen molar-refractivity contribution in [3.63, 3.8) is 0 Å². The number of rotatable bonds is 28. The van der Waals surface area contributed by atoms with Gasteiger partial charge in [0.25, 0.3) is 0 Å². The van der Waals surface area contributed by atoms with Gasteiger partial charge >= 0.3 is 47.8 Å². The van der Waals surface area contributed by atoms with E-state index >= 15 is 0 Å². The molecule has 3 aromatic rings. The average molecular weight is 1120 g/mol. The van der Waals surface area contributed by atoms with Crippen LogP contribution < -0.4 is 0 Å². The van der Waals surface area contributed by atoms with Crippen molar-refractivity contribution in [3.05, 3.63) is 120 Å². The predicted octanol–water partition coefficient (Wildman–Crippen LogP) is 7.06. The molecule has 21 heteroatoms. The van der Waals surface area contributed by atoms with Crippen LogP contribution in [0.5, 0.6) is 0 Å². The van der Waals surface area contributed by atoms with Gasteiger partial charge in [-0.3, -0.25) is 38.6 Å². The van der Waals surface area contributed by atoms with E-state index in [-0.39, 0.29) is 12.2 Å². The summed E-state index contributed by atoms with van der Waals surface area (Å²) in [6.45, 7) is 7.99. The third kappa shape index (κ3) is 20.4. The minimum absolute atomic E-state index is 0.267. The number of ether oxygens (including phenoxy) is 12. The van der Waals surface area contributed by atoms with E-state index in [9.17, 15) is 38.4 Å². The zero-order valence-corrected chi connectivity index (χ0v) is 46.4. The van der Waals surface area contributed by atoms with E-state index < -0.39 is 135 Å². The fraction of sp³-hybridized carbons (Fsp3) is 0.508. The molecule has 2 saturated heterocycles. The summed E-state index contributed by atoms with van der Waals surface area (Å²) in [5.74, 6) is -6.83. The molecule has 0 bridgehead atoms. The fourth-order valence-corrected chi connectivity index (χ4v) is 8.97. The normalized spacial score (nSPS) is 23.2. The minimum atomic E-state index is -1.90. The van der Waals surface area contributed by atoms with Crippen molar-refractivity contribution in [2.24, 2.45) is 4.99 Å². The van der Waals surface area contributed by atoms with Gasteiger partial charge < -0.3 is 56.8 Å². The summed E-state index contributed by atoms with van der Waals surface area (Å²) in [6, 6.07) is 25.9. The van der Waals surface area contributed by atoms with Gasteiger partial charge in [0.2, 0.25) is 0 Å². The van der Waals surface area contributed by atoms with Crippen LogP contribution in [0.15, 0.2) is 108 Å². The molecule has 0 aromatic heterocycles. The molecule has 0 saturated carbocycles. The Bertz CT molecular complexity index is 2520. The lowest BCUT2D eigenvalue weighted by Crippen LogP contribution is -2.67. The van der Waals surface area contributed by atoms with E-state index in [4.69, 9.17) is 61.8 Å². The summed E-state index contributed by atoms with van der Waals surface area (Å²) in [6.07, 6.45) is -7.90. The van der Waals surface area contributed by atoms with Gasteiger partial charge in [-0.05, 0) is 25.0 Å². The summed E-state index contributed by atoms with van der Waals surface area (Å²) >= 11 is 0. The highest BCUT2D eigenvalue weighted by Gasteiger charge is 2.58. The van der Waals surface area contributed by atoms with E-state index in [1.165, 1.54) is 0 Å². The second-order valence-electron chi connectivity index (χ2n) is 19.0. The Balaban J connectivity index is 1.69. The minimum Gasteiger partial charge on any atom is -0.463 e. The van der Waals surface area contributed by atoms with Crippen LogP contribution in [0.3, 0.4) is 0 Å². The van der Waals surface area contributed by atoms with Gasteiger partial charge in [-0.25, -0.2) is 4.79 Å². The Labute approximate surface area is 465 Å². The lowest BCUT2D eigenvalue weighted by atomic mass is 9.95. The van der Waals surface area contributed by atoms with Crippen molar-refractivity contribution < 1.29 is 95.2 Å². The lowest BCUT2D eigenvalue weighted by molar-refractivity contribution is -0.363. The number of hydrogen-bond acceptors (Lipinski definition) is 21. The van der Waals surface area contributed by atoms with Gasteiger partial charge in [0, 0.05) is 59.6 Å². The van der Waals surface area contributed by atoms with Gasteiger partial charge in [-0.2, -0.15) is 0 Å². The van der Waals surface area contributed by atoms with Gasteiger partial charge in [0.05, 0.1) is 11.3 Å². The van der Waals surface area contributed by atoms with E-state index in [0.717, 1.165) is 87.0 Å². The first-order valence-corrected chi connectivity index (χ1v) is 26.7. The maximum absolute atomic E-state index is 13.8. The second kappa shape index (κ2) is 32.7. The number of allylic oxidation sites excluding steroid dienone is 1. The zero-order valence-electron chi connectivity index (χ0n) is 46.4. The van der Waals surface area contributed by atoms with Crippen molar-refractivity contribution in [1.82, 2.24) is 0 Å². The fourth-order valence-electron chi connectivity index (χ4n) is 8.97. The van der Waals surface area contributed by atoms with Crippen molar-refractivity contribution in [1.29, 1.82) is 0 Å². The van der Waals surface area contributed by atoms with Crippen LogP contribution in [0.25, 0.3) is 0 Å². The molecule has 0 N–H and O–H groups in total. The molecule has 0 unspecified atom stereocenters. The van der Waals surface area contributed by atoms with E-state index in [2.05, 4.69) is 6.92 Å². The lowest BCUT2D eigenvalue weighted by Gasteiger charge is -2.49. The quantitative estimate of drug-likeness (QED) is 0.0232. The zero-order chi connectivity index (χ0) is 58.1.